The average molecular weight is 527 g/mol. The Balaban J connectivity index is 2.00. The molecule has 35 heavy (non-hydrogen) atoms. The molecule has 0 amide bonds. The van der Waals surface area contributed by atoms with Crippen molar-refractivity contribution in [1.29, 1.82) is 0 Å². The minimum atomic E-state index is -1.58. The first kappa shape index (κ1) is 26.6. The van der Waals surface area contributed by atoms with Gasteiger partial charge in [-0.05, 0) is 43.9 Å². The highest BCUT2D eigenvalue weighted by atomic mass is 35.5. The Kier molecular flexibility index (Phi) is 6.93. The van der Waals surface area contributed by atoms with E-state index in [4.69, 9.17) is 33.7 Å². The van der Waals surface area contributed by atoms with Gasteiger partial charge in [0.15, 0.2) is 5.72 Å². The maximum Gasteiger partial charge on any atom is 0.325 e. The first-order chi connectivity index (χ1) is 16.3. The number of cyclic esters (lactones) is 1. The van der Waals surface area contributed by atoms with Crippen molar-refractivity contribution in [2.75, 3.05) is 0 Å². The van der Waals surface area contributed by atoms with Gasteiger partial charge in [-0.1, -0.05) is 75.0 Å². The molecular formula is C27H34Cl2F2N2O2. The van der Waals surface area contributed by atoms with Crippen LogP contribution in [0, 0.1) is 23.1 Å². The van der Waals surface area contributed by atoms with E-state index in [1.165, 1.54) is 12.1 Å². The van der Waals surface area contributed by atoms with Crippen molar-refractivity contribution >= 4 is 29.2 Å². The second-order valence-electron chi connectivity index (χ2n) is 11.0. The molecule has 3 aliphatic rings. The number of carbonyl (C=O) groups is 1. The van der Waals surface area contributed by atoms with E-state index in [9.17, 15) is 4.79 Å². The number of alkyl halides is 1. The Morgan fingerprint density at radius 1 is 1.23 bits per heavy atom. The molecule has 6 atom stereocenters. The Hall–Kier alpha value is -1.47. The molecular weight excluding hydrogens is 493 g/mol. The SMILES string of the molecule is CCC(C)(CC)C[C@@H]1N2[C@@H](C(=O)OC2(C)C)[C@H](C2C=CC=C(Cl)C2F)[C@@]1(N)c1ccc(Cl)cc1F. The van der Waals surface area contributed by atoms with Crippen molar-refractivity contribution in [2.24, 2.45) is 23.0 Å². The van der Waals surface area contributed by atoms with Gasteiger partial charge >= 0.3 is 5.97 Å². The maximum absolute atomic E-state index is 15.7. The van der Waals surface area contributed by atoms with Gasteiger partial charge in [0.1, 0.15) is 18.0 Å². The molecule has 192 valence electrons. The number of ether oxygens (including phenoxy) is 1. The number of rotatable bonds is 6. The number of allylic oxidation sites excluding steroid dienone is 4. The molecule has 2 N–H and O–H groups in total. The zero-order chi connectivity index (χ0) is 25.9. The van der Waals surface area contributed by atoms with Gasteiger partial charge in [0.25, 0.3) is 0 Å². The molecule has 0 saturated carbocycles. The highest BCUT2D eigenvalue weighted by molar-refractivity contribution is 6.30. The van der Waals surface area contributed by atoms with E-state index in [0.29, 0.717) is 6.42 Å². The lowest BCUT2D eigenvalue weighted by Crippen LogP contribution is -2.58. The molecule has 1 aromatic carbocycles. The molecule has 2 heterocycles. The van der Waals surface area contributed by atoms with Gasteiger partial charge in [0.2, 0.25) is 0 Å². The highest BCUT2D eigenvalue weighted by Gasteiger charge is 2.70. The third-order valence-corrected chi connectivity index (χ3v) is 9.26. The lowest BCUT2D eigenvalue weighted by atomic mass is 9.64. The lowest BCUT2D eigenvalue weighted by Gasteiger charge is -2.46. The third kappa shape index (κ3) is 4.14. The van der Waals surface area contributed by atoms with Crippen molar-refractivity contribution in [2.45, 2.75) is 83.4 Å². The molecule has 0 radical (unpaired) electrons. The number of fused-ring (bicyclic) bond motifs is 1. The number of halogens is 4. The summed E-state index contributed by atoms with van der Waals surface area (Å²) >= 11 is 12.3. The van der Waals surface area contributed by atoms with Crippen molar-refractivity contribution in [3.63, 3.8) is 0 Å². The van der Waals surface area contributed by atoms with Crippen molar-refractivity contribution in [3.05, 3.63) is 57.9 Å². The van der Waals surface area contributed by atoms with Crippen LogP contribution in [-0.2, 0) is 15.1 Å². The van der Waals surface area contributed by atoms with Gasteiger partial charge in [0, 0.05) is 28.5 Å². The van der Waals surface area contributed by atoms with Crippen LogP contribution in [0.4, 0.5) is 8.78 Å². The van der Waals surface area contributed by atoms with E-state index >= 15 is 8.78 Å². The molecule has 2 aliphatic heterocycles. The predicted octanol–water partition coefficient (Wildman–Crippen LogP) is 6.46. The smallest absolute Gasteiger partial charge is 0.325 e. The fourth-order valence-electron chi connectivity index (χ4n) is 6.36. The first-order valence-electron chi connectivity index (χ1n) is 12.2. The Bertz CT molecular complexity index is 1070. The Morgan fingerprint density at radius 2 is 1.89 bits per heavy atom. The number of esters is 1. The summed E-state index contributed by atoms with van der Waals surface area (Å²) in [5.41, 5.74) is 5.01. The number of nitrogens with two attached hydrogens (primary N) is 1. The molecule has 4 nitrogen and oxygen atoms in total. The lowest BCUT2D eigenvalue weighted by molar-refractivity contribution is -0.153. The second-order valence-corrected chi connectivity index (χ2v) is 11.8. The van der Waals surface area contributed by atoms with Crippen LogP contribution in [0.15, 0.2) is 41.5 Å². The van der Waals surface area contributed by atoms with Crippen LogP contribution in [-0.4, -0.2) is 34.8 Å². The van der Waals surface area contributed by atoms with Gasteiger partial charge in [-0.2, -0.15) is 0 Å². The number of hydrogen-bond acceptors (Lipinski definition) is 4. The van der Waals surface area contributed by atoms with E-state index in [-0.39, 0.29) is 21.0 Å². The normalized spacial score (nSPS) is 34.6. The summed E-state index contributed by atoms with van der Waals surface area (Å²) in [6.45, 7) is 10.0. The van der Waals surface area contributed by atoms with Crippen LogP contribution in [0.3, 0.4) is 0 Å². The monoisotopic (exact) mass is 526 g/mol. The van der Waals surface area contributed by atoms with E-state index in [0.717, 1.165) is 12.8 Å². The summed E-state index contributed by atoms with van der Waals surface area (Å²) in [7, 11) is 0. The van der Waals surface area contributed by atoms with E-state index in [2.05, 4.69) is 20.8 Å². The van der Waals surface area contributed by atoms with Gasteiger partial charge in [-0.3, -0.25) is 4.79 Å². The molecule has 1 aromatic rings. The molecule has 2 fully saturated rings. The molecule has 8 heteroatoms. The van der Waals surface area contributed by atoms with E-state index < -0.39 is 53.1 Å². The minimum absolute atomic E-state index is 0.0315. The zero-order valence-corrected chi connectivity index (χ0v) is 22.3. The molecule has 0 aromatic heterocycles. The molecule has 2 saturated heterocycles. The van der Waals surface area contributed by atoms with Gasteiger partial charge in [-0.15, -0.1) is 0 Å². The summed E-state index contributed by atoms with van der Waals surface area (Å²) in [6.07, 6.45) is 5.58. The summed E-state index contributed by atoms with van der Waals surface area (Å²) < 4.78 is 37.2. The van der Waals surface area contributed by atoms with Crippen LogP contribution in [0.5, 0.6) is 0 Å². The number of nitrogens with zero attached hydrogens (tertiary/aromatic N) is 1. The zero-order valence-electron chi connectivity index (χ0n) is 20.8. The molecule has 1 aliphatic carbocycles. The highest BCUT2D eigenvalue weighted by Crippen LogP contribution is 2.58. The average Bonchev–Trinajstić information content (AvgIpc) is 3.18. The third-order valence-electron chi connectivity index (χ3n) is 8.69. The number of hydrogen-bond donors (Lipinski definition) is 1. The fourth-order valence-corrected chi connectivity index (χ4v) is 6.74. The van der Waals surface area contributed by atoms with Crippen LogP contribution >= 0.6 is 23.2 Å². The van der Waals surface area contributed by atoms with Crippen LogP contribution in [0.1, 0.15) is 59.4 Å². The molecule has 2 unspecified atom stereocenters. The second kappa shape index (κ2) is 9.13. The van der Waals surface area contributed by atoms with Gasteiger partial charge < -0.3 is 10.5 Å². The van der Waals surface area contributed by atoms with Crippen LogP contribution in [0.25, 0.3) is 0 Å². The Morgan fingerprint density at radius 3 is 2.49 bits per heavy atom. The standard InChI is InChI=1S/C27H34Cl2F2N2O2/c1-6-26(5,7-2)14-20-27(32,17-12-11-15(28)13-19(17)30)21(16-9-8-10-18(29)22(16)31)23-24(34)35-25(3,4)33(20)23/h8-13,16,20-23H,6-7,14,32H2,1-5H3/t16?,20-,21-,22?,23+,27+/m0/s1. The summed E-state index contributed by atoms with van der Waals surface area (Å²) in [4.78, 5) is 15.4. The van der Waals surface area contributed by atoms with Crippen LogP contribution < -0.4 is 5.73 Å². The van der Waals surface area contributed by atoms with Crippen molar-refractivity contribution in [3.8, 4) is 0 Å². The maximum atomic E-state index is 15.7. The Labute approximate surface area is 216 Å². The fraction of sp³-hybridized carbons (Fsp3) is 0.593. The van der Waals surface area contributed by atoms with Crippen molar-refractivity contribution < 1.29 is 18.3 Å². The van der Waals surface area contributed by atoms with Crippen LogP contribution in [0.2, 0.25) is 5.02 Å². The van der Waals surface area contributed by atoms with Gasteiger partial charge in [-0.25, -0.2) is 13.7 Å². The topological polar surface area (TPSA) is 55.6 Å². The minimum Gasteiger partial charge on any atom is -0.443 e. The van der Waals surface area contributed by atoms with Crippen molar-refractivity contribution in [1.82, 2.24) is 4.90 Å². The molecule has 4 rings (SSSR count). The quantitative estimate of drug-likeness (QED) is 0.432. The summed E-state index contributed by atoms with van der Waals surface area (Å²) in [5, 5.41) is 0.268. The summed E-state index contributed by atoms with van der Waals surface area (Å²) in [5.74, 6) is -2.73. The molecule has 0 bridgehead atoms. The van der Waals surface area contributed by atoms with Gasteiger partial charge in [0.05, 0.1) is 10.6 Å². The van der Waals surface area contributed by atoms with E-state index in [1.807, 2.05) is 18.7 Å². The first-order valence-corrected chi connectivity index (χ1v) is 13.0. The molecule has 0 spiro atoms. The summed E-state index contributed by atoms with van der Waals surface area (Å²) in [6, 6.07) is 3.02. The number of benzene rings is 1. The predicted molar refractivity (Wildman–Crippen MR) is 135 cm³/mol. The largest absolute Gasteiger partial charge is 0.443 e. The van der Waals surface area contributed by atoms with E-state index in [1.54, 1.807) is 24.3 Å². The number of carbonyl (C=O) groups excluding carboxylic acids is 1.